The van der Waals surface area contributed by atoms with Crippen LogP contribution >= 0.6 is 0 Å². The van der Waals surface area contributed by atoms with Crippen LogP contribution in [0.1, 0.15) is 6.92 Å². The van der Waals surface area contributed by atoms with Crippen molar-refractivity contribution in [2.75, 3.05) is 13.2 Å². The summed E-state index contributed by atoms with van der Waals surface area (Å²) in [4.78, 5) is 32.3. The van der Waals surface area contributed by atoms with Gasteiger partial charge in [0.2, 0.25) is 0 Å². The fourth-order valence-corrected chi connectivity index (χ4v) is 0.589. The Morgan fingerprint density at radius 1 is 1.38 bits per heavy atom. The monoisotopic (exact) mass is 227 g/mol. The molecule has 16 heavy (non-hydrogen) atoms. The fraction of sp³-hybridized carbons (Fsp3) is 0.300. The standard InChI is InChI=1S/C10H13NO5/c1-4-8(12)16-10(14)11-5-6-15-9(13)7(2)3/h4H,1-2,5-6H2,3H3,(H,11,14). The molecule has 1 N–H and O–H groups in total. The van der Waals surface area contributed by atoms with Crippen molar-refractivity contribution in [2.24, 2.45) is 0 Å². The number of carbonyl (C=O) groups is 3. The number of nitrogens with one attached hydrogen (secondary N) is 1. The maximum absolute atomic E-state index is 10.9. The lowest BCUT2D eigenvalue weighted by Gasteiger charge is -2.05. The third-order valence-corrected chi connectivity index (χ3v) is 1.31. The van der Waals surface area contributed by atoms with Crippen molar-refractivity contribution in [3.63, 3.8) is 0 Å². The van der Waals surface area contributed by atoms with E-state index < -0.39 is 18.0 Å². The first-order valence-electron chi connectivity index (χ1n) is 4.42. The molecule has 0 saturated carbocycles. The summed E-state index contributed by atoms with van der Waals surface area (Å²) in [5.74, 6) is -1.39. The number of carbonyl (C=O) groups excluding carboxylic acids is 3. The molecule has 0 heterocycles. The molecule has 0 bridgehead atoms. The fourth-order valence-electron chi connectivity index (χ4n) is 0.589. The highest BCUT2D eigenvalue weighted by atomic mass is 16.6. The highest BCUT2D eigenvalue weighted by molar-refractivity contribution is 5.91. The Morgan fingerprint density at radius 3 is 2.50 bits per heavy atom. The number of amides is 1. The van der Waals surface area contributed by atoms with E-state index >= 15 is 0 Å². The van der Waals surface area contributed by atoms with Crippen molar-refractivity contribution >= 4 is 18.0 Å². The van der Waals surface area contributed by atoms with Gasteiger partial charge >= 0.3 is 18.0 Å². The Balaban J connectivity index is 3.63. The third kappa shape index (κ3) is 6.36. The Hall–Kier alpha value is -2.11. The highest BCUT2D eigenvalue weighted by Gasteiger charge is 2.06. The summed E-state index contributed by atoms with van der Waals surface area (Å²) < 4.78 is 8.86. The average molecular weight is 227 g/mol. The molecule has 0 spiro atoms. The zero-order valence-corrected chi connectivity index (χ0v) is 8.95. The van der Waals surface area contributed by atoms with Gasteiger partial charge in [-0.25, -0.2) is 14.4 Å². The molecule has 88 valence electrons. The van der Waals surface area contributed by atoms with E-state index in [4.69, 9.17) is 0 Å². The van der Waals surface area contributed by atoms with Gasteiger partial charge in [-0.3, -0.25) is 0 Å². The van der Waals surface area contributed by atoms with Gasteiger partial charge in [0.25, 0.3) is 0 Å². The quantitative estimate of drug-likeness (QED) is 0.321. The van der Waals surface area contributed by atoms with Crippen LogP contribution in [0.5, 0.6) is 0 Å². The number of hydrogen-bond donors (Lipinski definition) is 1. The zero-order valence-electron chi connectivity index (χ0n) is 8.95. The topological polar surface area (TPSA) is 81.7 Å². The van der Waals surface area contributed by atoms with Gasteiger partial charge in [-0.2, -0.15) is 0 Å². The van der Waals surface area contributed by atoms with Gasteiger partial charge in [0, 0.05) is 11.6 Å². The van der Waals surface area contributed by atoms with Crippen LogP contribution in [-0.4, -0.2) is 31.2 Å². The van der Waals surface area contributed by atoms with Crippen LogP contribution in [0.25, 0.3) is 0 Å². The molecule has 0 rings (SSSR count). The molecule has 0 aromatic rings. The molecule has 1 amide bonds. The van der Waals surface area contributed by atoms with Gasteiger partial charge in [-0.1, -0.05) is 13.2 Å². The summed E-state index contributed by atoms with van der Waals surface area (Å²) in [6, 6.07) is 0. The lowest BCUT2D eigenvalue weighted by Crippen LogP contribution is -2.30. The van der Waals surface area contributed by atoms with E-state index in [0.29, 0.717) is 0 Å². The number of alkyl carbamates (subject to hydrolysis) is 1. The second kappa shape index (κ2) is 7.22. The van der Waals surface area contributed by atoms with Crippen molar-refractivity contribution in [1.29, 1.82) is 0 Å². The molecule has 6 heteroatoms. The maximum atomic E-state index is 10.9. The van der Waals surface area contributed by atoms with E-state index in [9.17, 15) is 14.4 Å². The molecular weight excluding hydrogens is 214 g/mol. The van der Waals surface area contributed by atoms with Crippen molar-refractivity contribution < 1.29 is 23.9 Å². The van der Waals surface area contributed by atoms with Crippen LogP contribution in [0.3, 0.4) is 0 Å². The van der Waals surface area contributed by atoms with Crippen molar-refractivity contribution in [1.82, 2.24) is 5.32 Å². The predicted octanol–water partition coefficient (Wildman–Crippen LogP) is 0.544. The number of hydrogen-bond acceptors (Lipinski definition) is 5. The Morgan fingerprint density at radius 2 is 2.00 bits per heavy atom. The lowest BCUT2D eigenvalue weighted by atomic mass is 10.4. The van der Waals surface area contributed by atoms with Gasteiger partial charge in [-0.15, -0.1) is 0 Å². The number of ether oxygens (including phenoxy) is 2. The Kier molecular flexibility index (Phi) is 6.27. The van der Waals surface area contributed by atoms with E-state index in [1.165, 1.54) is 6.92 Å². The minimum Gasteiger partial charge on any atom is -0.460 e. The van der Waals surface area contributed by atoms with Gasteiger partial charge < -0.3 is 14.8 Å². The lowest BCUT2D eigenvalue weighted by molar-refractivity contribution is -0.139. The van der Waals surface area contributed by atoms with Crippen LogP contribution < -0.4 is 5.32 Å². The molecule has 0 aromatic carbocycles. The van der Waals surface area contributed by atoms with Crippen LogP contribution in [0.4, 0.5) is 4.79 Å². The molecule has 0 radical (unpaired) electrons. The summed E-state index contributed by atoms with van der Waals surface area (Å²) in [6.07, 6.45) is -0.0583. The average Bonchev–Trinajstić information content (AvgIpc) is 2.23. The smallest absolute Gasteiger partial charge is 0.415 e. The van der Waals surface area contributed by atoms with Crippen molar-refractivity contribution in [3.8, 4) is 0 Å². The summed E-state index contributed by atoms with van der Waals surface area (Å²) in [5, 5.41) is 2.21. The SMILES string of the molecule is C=CC(=O)OC(=O)NCCOC(=O)C(=C)C. The Labute approximate surface area is 92.9 Å². The van der Waals surface area contributed by atoms with E-state index in [-0.39, 0.29) is 18.7 Å². The molecule has 0 unspecified atom stereocenters. The largest absolute Gasteiger partial charge is 0.460 e. The predicted molar refractivity (Wildman–Crippen MR) is 55.5 cm³/mol. The van der Waals surface area contributed by atoms with Crippen molar-refractivity contribution in [2.45, 2.75) is 6.92 Å². The van der Waals surface area contributed by atoms with E-state index in [1.54, 1.807) is 0 Å². The zero-order chi connectivity index (χ0) is 12.6. The minimum absolute atomic E-state index is 0.0247. The van der Waals surface area contributed by atoms with Gasteiger partial charge in [0.15, 0.2) is 0 Å². The summed E-state index contributed by atoms with van der Waals surface area (Å²) in [5.41, 5.74) is 0.268. The molecule has 0 saturated heterocycles. The van der Waals surface area contributed by atoms with E-state index in [2.05, 4.69) is 27.9 Å². The van der Waals surface area contributed by atoms with Crippen LogP contribution in [0.2, 0.25) is 0 Å². The number of esters is 2. The van der Waals surface area contributed by atoms with Crippen molar-refractivity contribution in [3.05, 3.63) is 24.8 Å². The number of rotatable bonds is 5. The molecule has 0 aliphatic carbocycles. The van der Waals surface area contributed by atoms with Gasteiger partial charge in [-0.05, 0) is 6.92 Å². The summed E-state index contributed by atoms with van der Waals surface area (Å²) in [6.45, 7) is 8.02. The Bertz CT molecular complexity index is 321. The van der Waals surface area contributed by atoms with E-state index in [1.807, 2.05) is 0 Å². The van der Waals surface area contributed by atoms with E-state index in [0.717, 1.165) is 6.08 Å². The molecule has 0 atom stereocenters. The molecular formula is C10H13NO5. The van der Waals surface area contributed by atoms with Crippen LogP contribution in [0, 0.1) is 0 Å². The first kappa shape index (κ1) is 13.9. The molecule has 0 fully saturated rings. The molecule has 6 nitrogen and oxygen atoms in total. The molecule has 0 aliphatic heterocycles. The maximum Gasteiger partial charge on any atom is 0.415 e. The van der Waals surface area contributed by atoms with Gasteiger partial charge in [0.05, 0.1) is 6.54 Å². The van der Waals surface area contributed by atoms with Crippen LogP contribution in [0.15, 0.2) is 24.8 Å². The highest BCUT2D eigenvalue weighted by Crippen LogP contribution is 1.90. The summed E-state index contributed by atoms with van der Waals surface area (Å²) >= 11 is 0. The van der Waals surface area contributed by atoms with Gasteiger partial charge in [0.1, 0.15) is 6.61 Å². The summed E-state index contributed by atoms with van der Waals surface area (Å²) in [7, 11) is 0. The second-order valence-electron chi connectivity index (χ2n) is 2.76. The van der Waals surface area contributed by atoms with Crippen LogP contribution in [-0.2, 0) is 19.1 Å². The second-order valence-corrected chi connectivity index (χ2v) is 2.76. The first-order valence-corrected chi connectivity index (χ1v) is 4.42. The minimum atomic E-state index is -0.920. The molecule has 0 aliphatic rings. The third-order valence-electron chi connectivity index (χ3n) is 1.31. The first-order chi connectivity index (χ1) is 7.47. The normalized spacial score (nSPS) is 8.81. The molecule has 0 aromatic heterocycles.